The van der Waals surface area contributed by atoms with Crippen molar-refractivity contribution in [2.24, 2.45) is 10.8 Å². The summed E-state index contributed by atoms with van der Waals surface area (Å²) < 4.78 is 60.9. The summed E-state index contributed by atoms with van der Waals surface area (Å²) in [6, 6.07) is 12.8. The van der Waals surface area contributed by atoms with Gasteiger partial charge in [-0.25, -0.2) is 0 Å². The first kappa shape index (κ1) is 22.9. The molecule has 0 aromatic heterocycles. The molecule has 1 aliphatic rings. The highest BCUT2D eigenvalue weighted by molar-refractivity contribution is 7.87. The summed E-state index contributed by atoms with van der Waals surface area (Å²) in [4.78, 5) is 0.157. The minimum absolute atomic E-state index is 0.0338. The smallest absolute Gasteiger partial charge is 0.266 e. The molecule has 164 valence electrons. The van der Waals surface area contributed by atoms with Crippen molar-refractivity contribution in [2.45, 2.75) is 50.3 Å². The third kappa shape index (κ3) is 5.29. The lowest BCUT2D eigenvalue weighted by Gasteiger charge is -2.52. The minimum Gasteiger partial charge on any atom is -0.266 e. The molecule has 0 heterocycles. The van der Waals surface area contributed by atoms with Gasteiger partial charge < -0.3 is 0 Å². The van der Waals surface area contributed by atoms with E-state index in [1.54, 1.807) is 24.3 Å². The Morgan fingerprint density at radius 2 is 1.03 bits per heavy atom. The summed E-state index contributed by atoms with van der Waals surface area (Å²) >= 11 is 0. The van der Waals surface area contributed by atoms with Crippen LogP contribution < -0.4 is 0 Å². The lowest BCUT2D eigenvalue weighted by Crippen LogP contribution is -2.49. The van der Waals surface area contributed by atoms with E-state index in [0.29, 0.717) is 12.8 Å². The van der Waals surface area contributed by atoms with Gasteiger partial charge in [0.05, 0.1) is 23.0 Å². The SMILES string of the molecule is Cc1ccc(S(=O)(=O)OCC2(COS(=O)(=O)c3ccc(C)cc3)CC(C)(C)C2)cc1. The Bertz CT molecular complexity index is 1010. The van der Waals surface area contributed by atoms with Crippen molar-refractivity contribution in [3.05, 3.63) is 59.7 Å². The molecular weight excluding hydrogens is 424 g/mol. The standard InChI is InChI=1S/C22H28O6S2/c1-17-5-9-19(10-6-17)29(23,24)27-15-22(13-21(3,4)14-22)16-28-30(25,26)20-11-7-18(2)8-12-20/h5-12H,13-16H2,1-4H3. The van der Waals surface area contributed by atoms with Crippen LogP contribution in [-0.4, -0.2) is 30.0 Å². The number of hydrogen-bond acceptors (Lipinski definition) is 6. The van der Waals surface area contributed by atoms with Crippen LogP contribution in [0.1, 0.15) is 37.8 Å². The monoisotopic (exact) mass is 452 g/mol. The molecule has 1 saturated carbocycles. The lowest BCUT2D eigenvalue weighted by molar-refractivity contribution is -0.0731. The molecule has 0 atom stereocenters. The van der Waals surface area contributed by atoms with Crippen molar-refractivity contribution in [1.29, 1.82) is 0 Å². The largest absolute Gasteiger partial charge is 0.296 e. The summed E-state index contributed by atoms with van der Waals surface area (Å²) in [5.41, 5.74) is 1.18. The van der Waals surface area contributed by atoms with E-state index in [2.05, 4.69) is 0 Å². The minimum atomic E-state index is -3.94. The maximum absolute atomic E-state index is 12.6. The zero-order chi connectivity index (χ0) is 22.2. The summed E-state index contributed by atoms with van der Waals surface area (Å²) in [5.74, 6) is 0. The van der Waals surface area contributed by atoms with E-state index in [1.807, 2.05) is 27.7 Å². The maximum atomic E-state index is 12.6. The van der Waals surface area contributed by atoms with Gasteiger partial charge >= 0.3 is 0 Å². The highest BCUT2D eigenvalue weighted by Gasteiger charge is 2.51. The summed E-state index contributed by atoms with van der Waals surface area (Å²) in [7, 11) is -7.88. The Kier molecular flexibility index (Phi) is 6.17. The Hall–Kier alpha value is -1.74. The van der Waals surface area contributed by atoms with Gasteiger partial charge in [-0.2, -0.15) is 16.8 Å². The van der Waals surface area contributed by atoms with Gasteiger partial charge in [-0.15, -0.1) is 0 Å². The van der Waals surface area contributed by atoms with Crippen LogP contribution in [0.5, 0.6) is 0 Å². The molecule has 0 radical (unpaired) electrons. The van der Waals surface area contributed by atoms with E-state index in [9.17, 15) is 16.8 Å². The van der Waals surface area contributed by atoms with Gasteiger partial charge in [0.2, 0.25) is 0 Å². The van der Waals surface area contributed by atoms with Crippen molar-refractivity contribution in [2.75, 3.05) is 13.2 Å². The second-order valence-corrected chi connectivity index (χ2v) is 12.3. The molecule has 30 heavy (non-hydrogen) atoms. The van der Waals surface area contributed by atoms with Crippen LogP contribution in [0.4, 0.5) is 0 Å². The number of benzene rings is 2. The molecule has 2 aromatic carbocycles. The van der Waals surface area contributed by atoms with Gasteiger partial charge in [-0.3, -0.25) is 8.37 Å². The zero-order valence-corrected chi connectivity index (χ0v) is 19.3. The van der Waals surface area contributed by atoms with Crippen LogP contribution >= 0.6 is 0 Å². The highest BCUT2D eigenvalue weighted by Crippen LogP contribution is 2.54. The molecule has 0 N–H and O–H groups in total. The van der Waals surface area contributed by atoms with Gasteiger partial charge in [0.1, 0.15) is 0 Å². The molecule has 0 spiro atoms. The molecule has 3 rings (SSSR count). The molecule has 6 nitrogen and oxygen atoms in total. The van der Waals surface area contributed by atoms with Crippen LogP contribution in [0, 0.1) is 24.7 Å². The Morgan fingerprint density at radius 1 is 0.700 bits per heavy atom. The summed E-state index contributed by atoms with van der Waals surface area (Å²) in [6.45, 7) is 7.58. The first-order valence-electron chi connectivity index (χ1n) is 9.75. The van der Waals surface area contributed by atoms with E-state index in [4.69, 9.17) is 8.37 Å². The first-order valence-corrected chi connectivity index (χ1v) is 12.6. The Morgan fingerprint density at radius 3 is 1.33 bits per heavy atom. The molecule has 1 aliphatic carbocycles. The average molecular weight is 453 g/mol. The van der Waals surface area contributed by atoms with E-state index >= 15 is 0 Å². The van der Waals surface area contributed by atoms with Crippen LogP contribution in [0.15, 0.2) is 58.3 Å². The predicted octanol–water partition coefficient (Wildman–Crippen LogP) is 4.22. The topological polar surface area (TPSA) is 86.7 Å². The lowest BCUT2D eigenvalue weighted by atomic mass is 9.55. The molecular formula is C22H28O6S2. The van der Waals surface area contributed by atoms with Crippen LogP contribution in [0.3, 0.4) is 0 Å². The van der Waals surface area contributed by atoms with Crippen LogP contribution in [-0.2, 0) is 28.6 Å². The third-order valence-electron chi connectivity index (χ3n) is 5.37. The van der Waals surface area contributed by atoms with E-state index in [1.165, 1.54) is 24.3 Å². The number of rotatable bonds is 8. The summed E-state index contributed by atoms with van der Waals surface area (Å²) in [5, 5.41) is 0. The average Bonchev–Trinajstić information content (AvgIpc) is 2.64. The molecule has 0 aliphatic heterocycles. The van der Waals surface area contributed by atoms with E-state index in [0.717, 1.165) is 11.1 Å². The fourth-order valence-electron chi connectivity index (χ4n) is 4.18. The van der Waals surface area contributed by atoms with Crippen LogP contribution in [0.25, 0.3) is 0 Å². The molecule has 0 unspecified atom stereocenters. The molecule has 0 bridgehead atoms. The van der Waals surface area contributed by atoms with Crippen molar-refractivity contribution >= 4 is 20.2 Å². The van der Waals surface area contributed by atoms with Gasteiger partial charge in [0.15, 0.2) is 0 Å². The molecule has 2 aromatic rings. The van der Waals surface area contributed by atoms with Gasteiger partial charge in [0.25, 0.3) is 20.2 Å². The molecule has 0 amide bonds. The first-order chi connectivity index (χ1) is 13.8. The predicted molar refractivity (Wildman–Crippen MR) is 114 cm³/mol. The normalized spacial score (nSPS) is 18.0. The van der Waals surface area contributed by atoms with Crippen molar-refractivity contribution < 1.29 is 25.2 Å². The van der Waals surface area contributed by atoms with Gasteiger partial charge in [0, 0.05) is 5.41 Å². The fourth-order valence-corrected chi connectivity index (χ4v) is 6.20. The second kappa shape index (κ2) is 8.07. The fraction of sp³-hybridized carbons (Fsp3) is 0.455. The molecule has 0 saturated heterocycles. The third-order valence-corrected chi connectivity index (χ3v) is 7.92. The van der Waals surface area contributed by atoms with Crippen LogP contribution in [0.2, 0.25) is 0 Å². The zero-order valence-electron chi connectivity index (χ0n) is 17.7. The molecule has 8 heteroatoms. The quantitative estimate of drug-likeness (QED) is 0.558. The van der Waals surface area contributed by atoms with E-state index < -0.39 is 25.7 Å². The van der Waals surface area contributed by atoms with E-state index in [-0.39, 0.29) is 28.4 Å². The van der Waals surface area contributed by atoms with Crippen molar-refractivity contribution in [3.8, 4) is 0 Å². The highest BCUT2D eigenvalue weighted by atomic mass is 32.2. The molecule has 1 fully saturated rings. The Balaban J connectivity index is 1.72. The maximum Gasteiger partial charge on any atom is 0.296 e. The Labute approximate surface area is 179 Å². The van der Waals surface area contributed by atoms with Crippen molar-refractivity contribution in [1.82, 2.24) is 0 Å². The second-order valence-electron chi connectivity index (χ2n) is 9.08. The summed E-state index contributed by atoms with van der Waals surface area (Å²) in [6.07, 6.45) is 1.21. The van der Waals surface area contributed by atoms with Gasteiger partial charge in [-0.1, -0.05) is 49.2 Å². The van der Waals surface area contributed by atoms with Gasteiger partial charge in [-0.05, 0) is 56.4 Å². The van der Waals surface area contributed by atoms with Crippen molar-refractivity contribution in [3.63, 3.8) is 0 Å². The number of aryl methyl sites for hydroxylation is 2. The number of hydrogen-bond donors (Lipinski definition) is 0.